The van der Waals surface area contributed by atoms with Crippen LogP contribution in [0.25, 0.3) is 0 Å². The Morgan fingerprint density at radius 2 is 2.05 bits per heavy atom. The molecule has 2 heterocycles. The average molecular weight is 346 g/mol. The molecule has 1 aromatic rings. The van der Waals surface area contributed by atoms with Crippen molar-refractivity contribution in [3.05, 3.63) is 16.6 Å². The van der Waals surface area contributed by atoms with Crippen molar-refractivity contribution < 1.29 is 13.2 Å². The fraction of sp³-hybridized carbons (Fsp3) is 0.692. The fourth-order valence-corrected chi connectivity index (χ4v) is 4.31. The van der Waals surface area contributed by atoms with Gasteiger partial charge in [-0.2, -0.15) is 17.4 Å². The molecule has 0 aromatic carbocycles. The van der Waals surface area contributed by atoms with E-state index in [9.17, 15) is 13.2 Å². The largest absolute Gasteiger partial charge is 0.340 e. The molecule has 0 aliphatic carbocycles. The molecule has 1 N–H and O–H groups in total. The molecule has 0 spiro atoms. The molecule has 0 unspecified atom stereocenters. The Balaban J connectivity index is 1.80. The fourth-order valence-electron chi connectivity index (χ4n) is 2.30. The Labute approximate surface area is 135 Å². The van der Waals surface area contributed by atoms with Crippen LogP contribution in [0, 0.1) is 0 Å². The molecule has 1 aromatic heterocycles. The molecule has 1 aliphatic heterocycles. The summed E-state index contributed by atoms with van der Waals surface area (Å²) in [5.41, 5.74) is 0. The Hall–Kier alpha value is -1.03. The van der Waals surface area contributed by atoms with Crippen LogP contribution in [0.5, 0.6) is 0 Å². The van der Waals surface area contributed by atoms with Gasteiger partial charge >= 0.3 is 0 Å². The number of carbonyl (C=O) groups is 1. The van der Waals surface area contributed by atoms with E-state index in [-0.39, 0.29) is 11.9 Å². The van der Waals surface area contributed by atoms with E-state index in [0.29, 0.717) is 39.0 Å². The summed E-state index contributed by atoms with van der Waals surface area (Å²) in [6.45, 7) is 5.13. The lowest BCUT2D eigenvalue weighted by molar-refractivity contribution is -0.132. The van der Waals surface area contributed by atoms with Crippen LogP contribution in [-0.2, 0) is 21.4 Å². The number of carbonyl (C=O) groups excluding carboxylic acids is 1. The summed E-state index contributed by atoms with van der Waals surface area (Å²) in [7, 11) is -3.44. The zero-order valence-electron chi connectivity index (χ0n) is 12.9. The highest BCUT2D eigenvalue weighted by atomic mass is 32.2. The van der Waals surface area contributed by atoms with E-state index in [4.69, 9.17) is 0 Å². The van der Waals surface area contributed by atoms with Gasteiger partial charge in [-0.15, -0.1) is 11.3 Å². The molecule has 124 valence electrons. The van der Waals surface area contributed by atoms with Crippen LogP contribution in [-0.4, -0.2) is 60.7 Å². The summed E-state index contributed by atoms with van der Waals surface area (Å²) in [5.74, 6) is 0.0593. The number of thiazole rings is 1. The summed E-state index contributed by atoms with van der Waals surface area (Å²) < 4.78 is 28.1. The Kier molecular flexibility index (Phi) is 5.90. The topological polar surface area (TPSA) is 82.6 Å². The van der Waals surface area contributed by atoms with E-state index >= 15 is 0 Å². The second-order valence-corrected chi connectivity index (χ2v) is 8.16. The summed E-state index contributed by atoms with van der Waals surface area (Å²) in [5, 5.41) is 2.85. The van der Waals surface area contributed by atoms with Crippen molar-refractivity contribution in [3.63, 3.8) is 0 Å². The van der Waals surface area contributed by atoms with Gasteiger partial charge in [-0.25, -0.2) is 4.98 Å². The van der Waals surface area contributed by atoms with Gasteiger partial charge in [0.15, 0.2) is 0 Å². The first kappa shape index (κ1) is 17.3. The molecule has 9 heteroatoms. The maximum Gasteiger partial charge on any atom is 0.279 e. The van der Waals surface area contributed by atoms with Crippen molar-refractivity contribution in [3.8, 4) is 0 Å². The van der Waals surface area contributed by atoms with Gasteiger partial charge in [0.1, 0.15) is 0 Å². The molecule has 1 fully saturated rings. The molecule has 1 aliphatic rings. The molecule has 2 rings (SSSR count). The lowest BCUT2D eigenvalue weighted by Gasteiger charge is -2.34. The van der Waals surface area contributed by atoms with Gasteiger partial charge in [0.25, 0.3) is 10.2 Å². The molecule has 1 amide bonds. The molecule has 0 atom stereocenters. The van der Waals surface area contributed by atoms with Crippen molar-refractivity contribution in [1.82, 2.24) is 18.9 Å². The van der Waals surface area contributed by atoms with Crippen LogP contribution >= 0.6 is 11.3 Å². The standard InChI is InChI=1S/C13H22N4O3S2/c1-11(2)15-22(19,20)17-8-6-16(7-9-17)13(18)4-3-12-14-5-10-21-12/h5,10-11,15H,3-4,6-9H2,1-2H3. The molecular formula is C13H22N4O3S2. The second kappa shape index (κ2) is 7.49. The molecule has 0 bridgehead atoms. The third-order valence-corrected chi connectivity index (χ3v) is 6.01. The Morgan fingerprint density at radius 1 is 1.36 bits per heavy atom. The summed E-state index contributed by atoms with van der Waals surface area (Å²) in [6.07, 6.45) is 2.80. The molecule has 0 radical (unpaired) electrons. The smallest absolute Gasteiger partial charge is 0.279 e. The first-order chi connectivity index (χ1) is 10.4. The lowest BCUT2D eigenvalue weighted by atomic mass is 10.2. The Bertz CT molecular complexity index is 578. The molecule has 0 saturated carbocycles. The minimum Gasteiger partial charge on any atom is -0.340 e. The van der Waals surface area contributed by atoms with E-state index in [1.54, 1.807) is 36.3 Å². The minimum atomic E-state index is -3.44. The maximum atomic E-state index is 12.1. The average Bonchev–Trinajstić information content (AvgIpc) is 2.97. The zero-order chi connectivity index (χ0) is 16.2. The van der Waals surface area contributed by atoms with Crippen LogP contribution in [0.15, 0.2) is 11.6 Å². The van der Waals surface area contributed by atoms with Gasteiger partial charge in [-0.05, 0) is 13.8 Å². The number of rotatable bonds is 6. The predicted octanol–water partition coefficient (Wildman–Crippen LogP) is 0.463. The number of amides is 1. The van der Waals surface area contributed by atoms with Crippen LogP contribution in [0.2, 0.25) is 0 Å². The summed E-state index contributed by atoms with van der Waals surface area (Å²) >= 11 is 1.54. The van der Waals surface area contributed by atoms with Gasteiger partial charge in [0, 0.05) is 56.6 Å². The van der Waals surface area contributed by atoms with Gasteiger partial charge in [0.05, 0.1) is 5.01 Å². The number of aryl methyl sites for hydroxylation is 1. The van der Waals surface area contributed by atoms with E-state index in [2.05, 4.69) is 9.71 Å². The van der Waals surface area contributed by atoms with E-state index < -0.39 is 10.2 Å². The van der Waals surface area contributed by atoms with E-state index in [1.807, 2.05) is 5.38 Å². The van der Waals surface area contributed by atoms with Crippen molar-refractivity contribution in [2.45, 2.75) is 32.7 Å². The monoisotopic (exact) mass is 346 g/mol. The molecule has 22 heavy (non-hydrogen) atoms. The third kappa shape index (κ3) is 4.73. The highest BCUT2D eigenvalue weighted by Crippen LogP contribution is 2.11. The van der Waals surface area contributed by atoms with Crippen molar-refractivity contribution in [1.29, 1.82) is 0 Å². The molecular weight excluding hydrogens is 324 g/mol. The van der Waals surface area contributed by atoms with Crippen LogP contribution in [0.4, 0.5) is 0 Å². The van der Waals surface area contributed by atoms with Crippen molar-refractivity contribution in [2.75, 3.05) is 26.2 Å². The van der Waals surface area contributed by atoms with Crippen molar-refractivity contribution in [2.24, 2.45) is 0 Å². The van der Waals surface area contributed by atoms with E-state index in [0.717, 1.165) is 5.01 Å². The number of piperazine rings is 1. The second-order valence-electron chi connectivity index (χ2n) is 5.48. The number of nitrogens with zero attached hydrogens (tertiary/aromatic N) is 3. The number of aromatic nitrogens is 1. The predicted molar refractivity (Wildman–Crippen MR) is 85.8 cm³/mol. The summed E-state index contributed by atoms with van der Waals surface area (Å²) in [6, 6.07) is -0.136. The van der Waals surface area contributed by atoms with Gasteiger partial charge in [-0.3, -0.25) is 4.79 Å². The zero-order valence-corrected chi connectivity index (χ0v) is 14.5. The van der Waals surface area contributed by atoms with Crippen molar-refractivity contribution >= 4 is 27.5 Å². The highest BCUT2D eigenvalue weighted by molar-refractivity contribution is 7.87. The number of hydrogen-bond acceptors (Lipinski definition) is 5. The molecule has 1 saturated heterocycles. The SMILES string of the molecule is CC(C)NS(=O)(=O)N1CCN(C(=O)CCc2nccs2)CC1. The molecule has 7 nitrogen and oxygen atoms in total. The van der Waals surface area contributed by atoms with Crippen LogP contribution in [0.3, 0.4) is 0 Å². The summed E-state index contributed by atoms with van der Waals surface area (Å²) in [4.78, 5) is 18.0. The van der Waals surface area contributed by atoms with E-state index in [1.165, 1.54) is 4.31 Å². The quantitative estimate of drug-likeness (QED) is 0.811. The van der Waals surface area contributed by atoms with Crippen LogP contribution < -0.4 is 4.72 Å². The first-order valence-electron chi connectivity index (χ1n) is 7.32. The van der Waals surface area contributed by atoms with Gasteiger partial charge in [-0.1, -0.05) is 0 Å². The first-order valence-corrected chi connectivity index (χ1v) is 9.64. The third-order valence-electron chi connectivity index (χ3n) is 3.35. The van der Waals surface area contributed by atoms with Gasteiger partial charge < -0.3 is 4.90 Å². The lowest BCUT2D eigenvalue weighted by Crippen LogP contribution is -2.54. The number of nitrogens with one attached hydrogen (secondary N) is 1. The normalized spacial score (nSPS) is 17.1. The maximum absolute atomic E-state index is 12.1. The Morgan fingerprint density at radius 3 is 2.59 bits per heavy atom. The van der Waals surface area contributed by atoms with Crippen LogP contribution in [0.1, 0.15) is 25.3 Å². The minimum absolute atomic E-state index is 0.0593. The number of hydrogen-bond donors (Lipinski definition) is 1. The highest BCUT2D eigenvalue weighted by Gasteiger charge is 2.28. The van der Waals surface area contributed by atoms with Gasteiger partial charge in [0.2, 0.25) is 5.91 Å².